The third-order valence-electron chi connectivity index (χ3n) is 3.91. The van der Waals surface area contributed by atoms with Crippen LogP contribution in [0.4, 0.5) is 9.18 Å². The van der Waals surface area contributed by atoms with Gasteiger partial charge in [0.15, 0.2) is 0 Å². The number of hydrogen-bond acceptors (Lipinski definition) is 1. The van der Waals surface area contributed by atoms with Crippen molar-refractivity contribution in [3.63, 3.8) is 0 Å². The van der Waals surface area contributed by atoms with E-state index in [2.05, 4.69) is 10.6 Å². The number of amides is 2. The van der Waals surface area contributed by atoms with Crippen LogP contribution in [0.15, 0.2) is 54.6 Å². The molecule has 0 saturated heterocycles. The molecule has 0 heterocycles. The van der Waals surface area contributed by atoms with Gasteiger partial charge in [0.05, 0.1) is 6.04 Å². The number of benzene rings is 2. The first-order valence-electron chi connectivity index (χ1n) is 7.56. The average Bonchev–Trinajstić information content (AvgIpc) is 3.38. The minimum absolute atomic E-state index is 0.0643. The van der Waals surface area contributed by atoms with Crippen molar-refractivity contribution >= 4 is 6.03 Å². The van der Waals surface area contributed by atoms with Crippen molar-refractivity contribution in [3.05, 3.63) is 71.5 Å². The molecule has 1 fully saturated rings. The number of halogens is 1. The Hall–Kier alpha value is -2.36. The predicted octanol–water partition coefficient (Wildman–Crippen LogP) is 3.78. The van der Waals surface area contributed by atoms with Gasteiger partial charge in [-0.25, -0.2) is 9.18 Å². The van der Waals surface area contributed by atoms with Crippen LogP contribution in [0.2, 0.25) is 0 Å². The van der Waals surface area contributed by atoms with Gasteiger partial charge in [0.2, 0.25) is 0 Å². The second-order valence-electron chi connectivity index (χ2n) is 5.68. The molecule has 1 aliphatic carbocycles. The van der Waals surface area contributed by atoms with Gasteiger partial charge in [0, 0.05) is 6.54 Å². The first-order valence-corrected chi connectivity index (χ1v) is 7.56. The van der Waals surface area contributed by atoms with E-state index in [9.17, 15) is 9.18 Å². The van der Waals surface area contributed by atoms with E-state index in [-0.39, 0.29) is 17.9 Å². The molecule has 114 valence electrons. The summed E-state index contributed by atoms with van der Waals surface area (Å²) in [5.74, 6) is 0.255. The van der Waals surface area contributed by atoms with Crippen LogP contribution in [-0.4, -0.2) is 6.03 Å². The zero-order valence-electron chi connectivity index (χ0n) is 12.3. The molecule has 1 atom stereocenters. The number of hydrogen-bond donors (Lipinski definition) is 2. The van der Waals surface area contributed by atoms with E-state index >= 15 is 0 Å². The standard InChI is InChI=1S/C18H19FN2O/c19-16-10-6-13(7-11-16)12-20-18(22)21-17(15-8-9-15)14-4-2-1-3-5-14/h1-7,10-11,15,17H,8-9,12H2,(H2,20,21,22)/t17-/m1/s1. The molecule has 4 heteroatoms. The summed E-state index contributed by atoms with van der Waals surface area (Å²) in [5.41, 5.74) is 2.01. The lowest BCUT2D eigenvalue weighted by Crippen LogP contribution is -2.38. The summed E-state index contributed by atoms with van der Waals surface area (Å²) in [4.78, 5) is 12.1. The fraction of sp³-hybridized carbons (Fsp3) is 0.278. The Kier molecular flexibility index (Phi) is 4.37. The van der Waals surface area contributed by atoms with Crippen LogP contribution in [-0.2, 0) is 6.54 Å². The lowest BCUT2D eigenvalue weighted by atomic mass is 10.0. The molecule has 0 radical (unpaired) electrons. The number of rotatable bonds is 5. The van der Waals surface area contributed by atoms with Gasteiger partial charge in [-0.1, -0.05) is 42.5 Å². The highest BCUT2D eigenvalue weighted by Gasteiger charge is 2.33. The van der Waals surface area contributed by atoms with Crippen LogP contribution < -0.4 is 10.6 Å². The molecule has 2 N–H and O–H groups in total. The Morgan fingerprint density at radius 3 is 2.41 bits per heavy atom. The molecule has 0 unspecified atom stereocenters. The topological polar surface area (TPSA) is 41.1 Å². The highest BCUT2D eigenvalue weighted by molar-refractivity contribution is 5.74. The molecule has 2 aromatic carbocycles. The summed E-state index contributed by atoms with van der Waals surface area (Å²) < 4.78 is 12.8. The molecule has 0 spiro atoms. The number of carbonyl (C=O) groups excluding carboxylic acids is 1. The quantitative estimate of drug-likeness (QED) is 0.866. The van der Waals surface area contributed by atoms with E-state index in [0.717, 1.165) is 24.0 Å². The first-order chi connectivity index (χ1) is 10.7. The highest BCUT2D eigenvalue weighted by atomic mass is 19.1. The third kappa shape index (κ3) is 3.85. The van der Waals surface area contributed by atoms with Crippen molar-refractivity contribution in [3.8, 4) is 0 Å². The van der Waals surface area contributed by atoms with Crippen molar-refractivity contribution in [1.29, 1.82) is 0 Å². The van der Waals surface area contributed by atoms with Crippen LogP contribution in [0.3, 0.4) is 0 Å². The van der Waals surface area contributed by atoms with Gasteiger partial charge in [-0.3, -0.25) is 0 Å². The van der Waals surface area contributed by atoms with Crippen LogP contribution in [0, 0.1) is 11.7 Å². The van der Waals surface area contributed by atoms with Gasteiger partial charge in [0.1, 0.15) is 5.82 Å². The summed E-state index contributed by atoms with van der Waals surface area (Å²) in [6.45, 7) is 0.387. The Balaban J connectivity index is 1.56. The van der Waals surface area contributed by atoms with Crippen LogP contribution >= 0.6 is 0 Å². The summed E-state index contributed by atoms with van der Waals surface area (Å²) in [6, 6.07) is 16.0. The number of carbonyl (C=O) groups is 1. The molecule has 1 saturated carbocycles. The molecular formula is C18H19FN2O. The van der Waals surface area contributed by atoms with E-state index in [1.807, 2.05) is 30.3 Å². The van der Waals surface area contributed by atoms with Gasteiger partial charge in [-0.15, -0.1) is 0 Å². The van der Waals surface area contributed by atoms with Crippen molar-refractivity contribution in [1.82, 2.24) is 10.6 Å². The minimum Gasteiger partial charge on any atom is -0.334 e. The van der Waals surface area contributed by atoms with Gasteiger partial charge >= 0.3 is 6.03 Å². The normalized spacial score (nSPS) is 15.1. The summed E-state index contributed by atoms with van der Waals surface area (Å²) >= 11 is 0. The summed E-state index contributed by atoms with van der Waals surface area (Å²) in [5, 5.41) is 5.88. The van der Waals surface area contributed by atoms with Crippen LogP contribution in [0.1, 0.15) is 30.0 Å². The van der Waals surface area contributed by atoms with E-state index in [0.29, 0.717) is 12.5 Å². The lowest BCUT2D eigenvalue weighted by Gasteiger charge is -2.19. The minimum atomic E-state index is -0.272. The van der Waals surface area contributed by atoms with Gasteiger partial charge in [-0.05, 0) is 42.0 Å². The maximum atomic E-state index is 12.8. The summed E-state index contributed by atoms with van der Waals surface area (Å²) in [7, 11) is 0. The monoisotopic (exact) mass is 298 g/mol. The van der Waals surface area contributed by atoms with Crippen molar-refractivity contribution in [2.24, 2.45) is 5.92 Å². The zero-order chi connectivity index (χ0) is 15.4. The molecule has 2 aromatic rings. The average molecular weight is 298 g/mol. The molecule has 1 aliphatic rings. The van der Waals surface area contributed by atoms with Gasteiger partial charge in [-0.2, -0.15) is 0 Å². The first kappa shape index (κ1) is 14.6. The second-order valence-corrected chi connectivity index (χ2v) is 5.68. The maximum Gasteiger partial charge on any atom is 0.315 e. The van der Waals surface area contributed by atoms with E-state index in [4.69, 9.17) is 0 Å². The molecule has 22 heavy (non-hydrogen) atoms. The Labute approximate surface area is 129 Å². The van der Waals surface area contributed by atoms with E-state index in [1.165, 1.54) is 12.1 Å². The molecule has 0 aromatic heterocycles. The Bertz CT molecular complexity index is 623. The molecule has 3 nitrogen and oxygen atoms in total. The van der Waals surface area contributed by atoms with Crippen molar-refractivity contribution in [2.45, 2.75) is 25.4 Å². The zero-order valence-corrected chi connectivity index (χ0v) is 12.3. The van der Waals surface area contributed by atoms with Crippen molar-refractivity contribution in [2.75, 3.05) is 0 Å². The van der Waals surface area contributed by atoms with Crippen LogP contribution in [0.25, 0.3) is 0 Å². The molecule has 0 aliphatic heterocycles. The molecule has 3 rings (SSSR count). The maximum absolute atomic E-state index is 12.8. The second kappa shape index (κ2) is 6.60. The Morgan fingerprint density at radius 1 is 1.09 bits per heavy atom. The van der Waals surface area contributed by atoms with E-state index < -0.39 is 0 Å². The number of urea groups is 1. The van der Waals surface area contributed by atoms with Crippen LogP contribution in [0.5, 0.6) is 0 Å². The highest BCUT2D eigenvalue weighted by Crippen LogP contribution is 2.40. The lowest BCUT2D eigenvalue weighted by molar-refractivity contribution is 0.235. The largest absolute Gasteiger partial charge is 0.334 e. The van der Waals surface area contributed by atoms with Gasteiger partial charge in [0.25, 0.3) is 0 Å². The van der Waals surface area contributed by atoms with Crippen molar-refractivity contribution < 1.29 is 9.18 Å². The van der Waals surface area contributed by atoms with E-state index in [1.54, 1.807) is 12.1 Å². The molecule has 2 amide bonds. The predicted molar refractivity (Wildman–Crippen MR) is 83.7 cm³/mol. The SMILES string of the molecule is O=C(NCc1ccc(F)cc1)N[C@H](c1ccccc1)C1CC1. The number of nitrogens with one attached hydrogen (secondary N) is 2. The fourth-order valence-electron chi connectivity index (χ4n) is 2.54. The molecular weight excluding hydrogens is 279 g/mol. The molecule has 0 bridgehead atoms. The fourth-order valence-corrected chi connectivity index (χ4v) is 2.54. The Morgan fingerprint density at radius 2 is 1.77 bits per heavy atom. The third-order valence-corrected chi connectivity index (χ3v) is 3.91. The van der Waals surface area contributed by atoms with Gasteiger partial charge < -0.3 is 10.6 Å². The summed E-state index contributed by atoms with van der Waals surface area (Å²) in [6.07, 6.45) is 2.30. The smallest absolute Gasteiger partial charge is 0.315 e.